The van der Waals surface area contributed by atoms with Gasteiger partial charge < -0.3 is 5.32 Å². The molecule has 1 aromatic heterocycles. The number of carbonyl (C=O) groups excluding carboxylic acids is 1. The minimum absolute atomic E-state index is 0.0517. The lowest BCUT2D eigenvalue weighted by Gasteiger charge is -2.21. The van der Waals surface area contributed by atoms with Crippen molar-refractivity contribution in [2.45, 2.75) is 58.9 Å². The van der Waals surface area contributed by atoms with Gasteiger partial charge in [0.1, 0.15) is 11.4 Å². The number of aromatic nitrogens is 2. The zero-order valence-electron chi connectivity index (χ0n) is 16.6. The Kier molecular flexibility index (Phi) is 6.44. The molecule has 0 bridgehead atoms. The minimum atomic E-state index is -0.394. The van der Waals surface area contributed by atoms with Gasteiger partial charge in [-0.3, -0.25) is 19.6 Å². The van der Waals surface area contributed by atoms with E-state index in [9.17, 15) is 14.9 Å². The van der Waals surface area contributed by atoms with Crippen LogP contribution in [-0.2, 0) is 6.54 Å². The van der Waals surface area contributed by atoms with Gasteiger partial charge in [-0.25, -0.2) is 0 Å². The predicted octanol–water partition coefficient (Wildman–Crippen LogP) is 4.16. The summed E-state index contributed by atoms with van der Waals surface area (Å²) in [6.07, 6.45) is 7.61. The number of hydrogen-bond acceptors (Lipinski definition) is 4. The summed E-state index contributed by atoms with van der Waals surface area (Å²) in [5.74, 6) is 0.699. The Morgan fingerprint density at radius 1 is 1.21 bits per heavy atom. The van der Waals surface area contributed by atoms with E-state index in [-0.39, 0.29) is 11.6 Å². The third-order valence-electron chi connectivity index (χ3n) is 5.64. The molecule has 7 nitrogen and oxygen atoms in total. The zero-order chi connectivity index (χ0) is 20.1. The van der Waals surface area contributed by atoms with Crippen molar-refractivity contribution in [3.05, 3.63) is 56.9 Å². The van der Waals surface area contributed by atoms with Gasteiger partial charge in [-0.05, 0) is 43.9 Å². The Bertz CT molecular complexity index is 836. The summed E-state index contributed by atoms with van der Waals surface area (Å²) in [4.78, 5) is 23.1. The molecule has 1 fully saturated rings. The van der Waals surface area contributed by atoms with E-state index in [0.717, 1.165) is 24.4 Å². The molecule has 7 heteroatoms. The molecule has 1 aliphatic rings. The van der Waals surface area contributed by atoms with Crippen molar-refractivity contribution in [3.63, 3.8) is 0 Å². The molecule has 0 radical (unpaired) electrons. The lowest BCUT2D eigenvalue weighted by atomic mass is 9.87. The molecular formula is C21H28N4O3. The molecule has 0 unspecified atom stereocenters. The summed E-state index contributed by atoms with van der Waals surface area (Å²) in [6.45, 7) is 4.50. The topological polar surface area (TPSA) is 90.1 Å². The van der Waals surface area contributed by atoms with E-state index in [1.165, 1.54) is 32.1 Å². The van der Waals surface area contributed by atoms with Crippen molar-refractivity contribution in [1.29, 1.82) is 0 Å². The first-order chi connectivity index (χ1) is 13.5. The average molecular weight is 384 g/mol. The molecular weight excluding hydrogens is 356 g/mol. The number of amides is 1. The van der Waals surface area contributed by atoms with E-state index in [1.54, 1.807) is 30.7 Å². The normalized spacial score (nSPS) is 14.8. The lowest BCUT2D eigenvalue weighted by molar-refractivity contribution is -0.386. The van der Waals surface area contributed by atoms with Crippen molar-refractivity contribution in [3.8, 4) is 0 Å². The molecule has 1 heterocycles. The molecule has 0 spiro atoms. The summed E-state index contributed by atoms with van der Waals surface area (Å²) in [7, 11) is 0. The number of aryl methyl sites for hydroxylation is 1. The van der Waals surface area contributed by atoms with Crippen LogP contribution in [0.25, 0.3) is 0 Å². The van der Waals surface area contributed by atoms with Crippen LogP contribution >= 0.6 is 0 Å². The van der Waals surface area contributed by atoms with E-state index in [4.69, 9.17) is 0 Å². The number of carbonyl (C=O) groups is 1. The Hall–Kier alpha value is -2.70. The van der Waals surface area contributed by atoms with Gasteiger partial charge >= 0.3 is 5.69 Å². The fourth-order valence-corrected chi connectivity index (χ4v) is 4.01. The molecule has 0 aliphatic heterocycles. The van der Waals surface area contributed by atoms with Crippen molar-refractivity contribution in [2.75, 3.05) is 6.54 Å². The van der Waals surface area contributed by atoms with Crippen molar-refractivity contribution >= 4 is 11.6 Å². The Morgan fingerprint density at radius 2 is 1.89 bits per heavy atom. The SMILES string of the molecule is Cc1nn(Cc2ccc(C(=O)NCCC3CCCCC3)cc2)c(C)c1[N+](=O)[O-]. The number of nitrogens with zero attached hydrogens (tertiary/aromatic N) is 3. The van der Waals surface area contributed by atoms with Gasteiger partial charge in [-0.15, -0.1) is 0 Å². The number of nitrogens with one attached hydrogen (secondary N) is 1. The van der Waals surface area contributed by atoms with E-state index in [0.29, 0.717) is 23.5 Å². The highest BCUT2D eigenvalue weighted by Crippen LogP contribution is 2.26. The van der Waals surface area contributed by atoms with E-state index < -0.39 is 4.92 Å². The second kappa shape index (κ2) is 8.99. The summed E-state index contributed by atoms with van der Waals surface area (Å²) in [5.41, 5.74) is 2.59. The molecule has 1 saturated carbocycles. The molecule has 0 atom stereocenters. The van der Waals surface area contributed by atoms with Gasteiger partial charge in [-0.2, -0.15) is 5.10 Å². The number of benzene rings is 1. The molecule has 28 heavy (non-hydrogen) atoms. The molecule has 150 valence electrons. The monoisotopic (exact) mass is 384 g/mol. The molecule has 0 saturated heterocycles. The Labute approximate surface area is 165 Å². The summed E-state index contributed by atoms with van der Waals surface area (Å²) in [5, 5.41) is 18.4. The third-order valence-corrected chi connectivity index (χ3v) is 5.64. The van der Waals surface area contributed by atoms with Crippen LogP contribution in [0.15, 0.2) is 24.3 Å². The number of hydrogen-bond donors (Lipinski definition) is 1. The van der Waals surface area contributed by atoms with Crippen molar-refractivity contribution < 1.29 is 9.72 Å². The van der Waals surface area contributed by atoms with Crippen LogP contribution in [0.5, 0.6) is 0 Å². The van der Waals surface area contributed by atoms with Gasteiger partial charge in [-0.1, -0.05) is 44.2 Å². The van der Waals surface area contributed by atoms with E-state index >= 15 is 0 Å². The fraction of sp³-hybridized carbons (Fsp3) is 0.524. The van der Waals surface area contributed by atoms with Crippen LogP contribution in [0.2, 0.25) is 0 Å². The van der Waals surface area contributed by atoms with E-state index in [1.807, 2.05) is 12.1 Å². The van der Waals surface area contributed by atoms with Crippen LogP contribution < -0.4 is 5.32 Å². The van der Waals surface area contributed by atoms with Crippen LogP contribution in [0.1, 0.15) is 65.8 Å². The number of nitro groups is 1. The Balaban J connectivity index is 1.55. The third kappa shape index (κ3) is 4.77. The summed E-state index contributed by atoms with van der Waals surface area (Å²) < 4.78 is 1.63. The smallest absolute Gasteiger partial charge is 0.312 e. The highest BCUT2D eigenvalue weighted by Gasteiger charge is 2.21. The van der Waals surface area contributed by atoms with Gasteiger partial charge in [0.05, 0.1) is 11.5 Å². The maximum atomic E-state index is 12.3. The molecule has 2 aromatic rings. The molecule has 1 aliphatic carbocycles. The molecule has 3 rings (SSSR count). The highest BCUT2D eigenvalue weighted by atomic mass is 16.6. The fourth-order valence-electron chi connectivity index (χ4n) is 4.01. The zero-order valence-corrected chi connectivity index (χ0v) is 16.6. The van der Waals surface area contributed by atoms with Gasteiger partial charge in [0.25, 0.3) is 5.91 Å². The van der Waals surface area contributed by atoms with Crippen molar-refractivity contribution in [1.82, 2.24) is 15.1 Å². The maximum Gasteiger partial charge on any atom is 0.312 e. The van der Waals surface area contributed by atoms with Crippen LogP contribution in [0.4, 0.5) is 5.69 Å². The summed E-state index contributed by atoms with van der Waals surface area (Å²) >= 11 is 0. The first kappa shape index (κ1) is 20.0. The largest absolute Gasteiger partial charge is 0.352 e. The Morgan fingerprint density at radius 3 is 2.50 bits per heavy atom. The highest BCUT2D eigenvalue weighted by molar-refractivity contribution is 5.94. The first-order valence-electron chi connectivity index (χ1n) is 10.0. The predicted molar refractivity (Wildman–Crippen MR) is 107 cm³/mol. The van der Waals surface area contributed by atoms with Gasteiger partial charge in [0.2, 0.25) is 0 Å². The van der Waals surface area contributed by atoms with Crippen LogP contribution in [0, 0.1) is 29.9 Å². The van der Waals surface area contributed by atoms with Crippen molar-refractivity contribution in [2.24, 2.45) is 5.92 Å². The maximum absolute atomic E-state index is 12.3. The second-order valence-corrected chi connectivity index (χ2v) is 7.68. The van der Waals surface area contributed by atoms with Gasteiger partial charge in [0, 0.05) is 12.1 Å². The minimum Gasteiger partial charge on any atom is -0.352 e. The van der Waals surface area contributed by atoms with E-state index in [2.05, 4.69) is 10.4 Å². The van der Waals surface area contributed by atoms with Crippen LogP contribution in [-0.4, -0.2) is 27.2 Å². The molecule has 1 aromatic carbocycles. The first-order valence-corrected chi connectivity index (χ1v) is 10.0. The van der Waals surface area contributed by atoms with Gasteiger partial charge in [0.15, 0.2) is 0 Å². The molecule has 1 amide bonds. The van der Waals surface area contributed by atoms with Crippen LogP contribution in [0.3, 0.4) is 0 Å². The molecule has 1 N–H and O–H groups in total. The quantitative estimate of drug-likeness (QED) is 0.573. The summed E-state index contributed by atoms with van der Waals surface area (Å²) in [6, 6.07) is 7.34. The lowest BCUT2D eigenvalue weighted by Crippen LogP contribution is -2.26. The average Bonchev–Trinajstić information content (AvgIpc) is 2.96. The second-order valence-electron chi connectivity index (χ2n) is 7.68. The standard InChI is InChI=1S/C21H28N4O3/c1-15-20(25(27)28)16(2)24(23-15)14-18-8-10-19(11-9-18)21(26)22-13-12-17-6-4-3-5-7-17/h8-11,17H,3-7,12-14H2,1-2H3,(H,22,26). The number of rotatable bonds is 7.